The maximum absolute atomic E-state index is 9.61. The highest BCUT2D eigenvalue weighted by molar-refractivity contribution is 7.21. The molecular formula is C25H30N8S. The van der Waals surface area contributed by atoms with Crippen LogP contribution in [0.15, 0.2) is 24.7 Å². The fourth-order valence-corrected chi connectivity index (χ4v) is 6.50. The molecule has 0 saturated carbocycles. The Balaban J connectivity index is 1.52. The van der Waals surface area contributed by atoms with Crippen molar-refractivity contribution in [2.45, 2.75) is 71.5 Å². The lowest BCUT2D eigenvalue weighted by Gasteiger charge is -2.49. The van der Waals surface area contributed by atoms with Gasteiger partial charge < -0.3 is 14.6 Å². The van der Waals surface area contributed by atoms with Crippen LogP contribution in [-0.4, -0.2) is 48.0 Å². The van der Waals surface area contributed by atoms with Gasteiger partial charge in [0.1, 0.15) is 16.4 Å². The van der Waals surface area contributed by atoms with Gasteiger partial charge in [-0.05, 0) is 60.5 Å². The van der Waals surface area contributed by atoms with Gasteiger partial charge in [0.05, 0.1) is 17.5 Å². The van der Waals surface area contributed by atoms with Crippen LogP contribution in [0.2, 0.25) is 0 Å². The molecule has 1 fully saturated rings. The van der Waals surface area contributed by atoms with E-state index in [0.29, 0.717) is 23.1 Å². The van der Waals surface area contributed by atoms with Crippen molar-refractivity contribution in [1.29, 1.82) is 5.26 Å². The van der Waals surface area contributed by atoms with E-state index in [0.717, 1.165) is 46.1 Å². The molecule has 8 nitrogen and oxygen atoms in total. The zero-order valence-electron chi connectivity index (χ0n) is 20.5. The Morgan fingerprint density at radius 2 is 1.91 bits per heavy atom. The second-order valence-electron chi connectivity index (χ2n) is 10.5. The number of fused-ring (bicyclic) bond motifs is 2. The normalized spacial score (nSPS) is 17.8. The molecule has 1 aliphatic heterocycles. The van der Waals surface area contributed by atoms with Gasteiger partial charge in [-0.2, -0.15) is 5.26 Å². The summed E-state index contributed by atoms with van der Waals surface area (Å²) >= 11 is 1.61. The zero-order chi connectivity index (χ0) is 24.3. The summed E-state index contributed by atoms with van der Waals surface area (Å²) in [7, 11) is 0. The van der Waals surface area contributed by atoms with Crippen molar-refractivity contribution in [3.8, 4) is 17.5 Å². The highest BCUT2D eigenvalue weighted by Gasteiger charge is 2.40. The molecule has 0 aliphatic carbocycles. The molecule has 0 spiro atoms. The van der Waals surface area contributed by atoms with Crippen molar-refractivity contribution in [2.24, 2.45) is 0 Å². The van der Waals surface area contributed by atoms with Gasteiger partial charge in [-0.1, -0.05) is 11.3 Å². The first-order valence-electron chi connectivity index (χ1n) is 11.7. The first-order chi connectivity index (χ1) is 16.1. The van der Waals surface area contributed by atoms with Crippen molar-refractivity contribution < 1.29 is 0 Å². The van der Waals surface area contributed by atoms with E-state index in [1.807, 2.05) is 29.8 Å². The van der Waals surface area contributed by atoms with Crippen LogP contribution < -0.4 is 10.2 Å². The fraction of sp³-hybridized carbons (Fsp3) is 0.480. The molecule has 0 aromatic carbocycles. The average Bonchev–Trinajstić information content (AvgIpc) is 3.32. The number of pyridine rings is 1. The van der Waals surface area contributed by atoms with E-state index in [9.17, 15) is 5.26 Å². The Morgan fingerprint density at radius 3 is 2.59 bits per heavy atom. The largest absolute Gasteiger partial charge is 0.345 e. The molecule has 0 radical (unpaired) electrons. The summed E-state index contributed by atoms with van der Waals surface area (Å²) in [4.78, 5) is 22.1. The number of nitriles is 1. The van der Waals surface area contributed by atoms with Crippen LogP contribution in [0.4, 0.5) is 5.13 Å². The van der Waals surface area contributed by atoms with Gasteiger partial charge in [-0.15, -0.1) is 0 Å². The molecule has 0 unspecified atom stereocenters. The van der Waals surface area contributed by atoms with Crippen molar-refractivity contribution in [3.05, 3.63) is 35.9 Å². The maximum Gasteiger partial charge on any atom is 0.188 e. The molecule has 4 aromatic heterocycles. The van der Waals surface area contributed by atoms with E-state index < -0.39 is 0 Å². The van der Waals surface area contributed by atoms with Crippen LogP contribution in [0.5, 0.6) is 0 Å². The summed E-state index contributed by atoms with van der Waals surface area (Å²) in [5.74, 6) is 0.583. The van der Waals surface area contributed by atoms with E-state index in [4.69, 9.17) is 9.97 Å². The summed E-state index contributed by atoms with van der Waals surface area (Å²) < 4.78 is 1.87. The first kappa shape index (κ1) is 22.7. The number of piperidine rings is 1. The maximum atomic E-state index is 9.61. The molecule has 0 amide bonds. The number of nitrogens with one attached hydrogen (secondary N) is 1. The van der Waals surface area contributed by atoms with Gasteiger partial charge in [-0.3, -0.25) is 0 Å². The molecule has 5 rings (SSSR count). The van der Waals surface area contributed by atoms with E-state index >= 15 is 0 Å². The number of hydrogen-bond donors (Lipinski definition) is 1. The number of anilines is 1. The molecule has 176 valence electrons. The van der Waals surface area contributed by atoms with Crippen LogP contribution in [0, 0.1) is 18.3 Å². The van der Waals surface area contributed by atoms with Crippen LogP contribution in [0.25, 0.3) is 27.4 Å². The molecule has 34 heavy (non-hydrogen) atoms. The van der Waals surface area contributed by atoms with Crippen molar-refractivity contribution in [2.75, 3.05) is 11.4 Å². The SMILES string of the molecule is CCN(c1nc2cnc(-c3cc(C#N)c4nc(C)cn4c3)nc2s1)C1CC(C)(C)NC(C)(C)C1. The third-order valence-corrected chi connectivity index (χ3v) is 7.39. The van der Waals surface area contributed by atoms with Crippen LogP contribution in [0.3, 0.4) is 0 Å². The number of nitrogens with zero attached hydrogens (tertiary/aromatic N) is 7. The van der Waals surface area contributed by atoms with E-state index in [1.54, 1.807) is 17.5 Å². The monoisotopic (exact) mass is 474 g/mol. The number of imidazole rings is 1. The average molecular weight is 475 g/mol. The number of hydrogen-bond acceptors (Lipinski definition) is 8. The summed E-state index contributed by atoms with van der Waals surface area (Å²) in [6.45, 7) is 14.1. The van der Waals surface area contributed by atoms with E-state index in [1.165, 1.54) is 0 Å². The lowest BCUT2D eigenvalue weighted by molar-refractivity contribution is 0.159. The molecule has 9 heteroatoms. The van der Waals surface area contributed by atoms with Gasteiger partial charge in [0, 0.05) is 41.6 Å². The summed E-state index contributed by atoms with van der Waals surface area (Å²) in [6.07, 6.45) is 7.73. The standard InChI is InChI=1S/C25H30N8S/c1-7-33(18-9-24(3,4)31-25(5,6)10-18)23-29-19-12-27-20(30-22(19)34-23)17-8-16(11-26)21-28-15(2)13-32(21)14-17/h8,12-14,18,31H,7,9-10H2,1-6H3. The van der Waals surface area contributed by atoms with Gasteiger partial charge >= 0.3 is 0 Å². The lowest BCUT2D eigenvalue weighted by Crippen LogP contribution is -2.62. The second-order valence-corrected chi connectivity index (χ2v) is 11.4. The molecule has 0 bridgehead atoms. The quantitative estimate of drug-likeness (QED) is 0.457. The Labute approximate surface area is 203 Å². The van der Waals surface area contributed by atoms with Crippen LogP contribution >= 0.6 is 11.3 Å². The highest BCUT2D eigenvalue weighted by Crippen LogP contribution is 2.36. The Morgan fingerprint density at radius 1 is 1.18 bits per heavy atom. The molecule has 5 heterocycles. The first-order valence-corrected chi connectivity index (χ1v) is 12.5. The Bertz CT molecular complexity index is 1410. The number of aromatic nitrogens is 5. The molecule has 4 aromatic rings. The van der Waals surface area contributed by atoms with Gasteiger partial charge in [0.25, 0.3) is 0 Å². The summed E-state index contributed by atoms with van der Waals surface area (Å²) in [5.41, 5.74) is 3.73. The topological polar surface area (TPSA) is 95.0 Å². The fourth-order valence-electron chi connectivity index (χ4n) is 5.45. The predicted molar refractivity (Wildman–Crippen MR) is 136 cm³/mol. The highest BCUT2D eigenvalue weighted by atomic mass is 32.1. The minimum absolute atomic E-state index is 0.0618. The Kier molecular flexibility index (Phi) is 5.34. The van der Waals surface area contributed by atoms with Gasteiger partial charge in [-0.25, -0.2) is 19.9 Å². The second kappa shape index (κ2) is 8.00. The van der Waals surface area contributed by atoms with Crippen LogP contribution in [0.1, 0.15) is 58.7 Å². The van der Waals surface area contributed by atoms with E-state index in [2.05, 4.69) is 60.9 Å². The van der Waals surface area contributed by atoms with Gasteiger partial charge in [0.2, 0.25) is 0 Å². The van der Waals surface area contributed by atoms with E-state index in [-0.39, 0.29) is 11.1 Å². The van der Waals surface area contributed by atoms with Crippen molar-refractivity contribution >= 4 is 32.5 Å². The van der Waals surface area contributed by atoms with Crippen molar-refractivity contribution in [1.82, 2.24) is 29.7 Å². The minimum Gasteiger partial charge on any atom is -0.345 e. The zero-order valence-corrected chi connectivity index (χ0v) is 21.4. The minimum atomic E-state index is 0.0618. The summed E-state index contributed by atoms with van der Waals surface area (Å²) in [5, 5.41) is 14.4. The molecular weight excluding hydrogens is 444 g/mol. The lowest BCUT2D eigenvalue weighted by atomic mass is 9.79. The molecule has 1 saturated heterocycles. The number of rotatable bonds is 4. The van der Waals surface area contributed by atoms with Crippen molar-refractivity contribution in [3.63, 3.8) is 0 Å². The number of thiazole rings is 1. The third kappa shape index (κ3) is 4.12. The molecule has 1 aliphatic rings. The molecule has 1 N–H and O–H groups in total. The smallest absolute Gasteiger partial charge is 0.188 e. The van der Waals surface area contributed by atoms with Gasteiger partial charge in [0.15, 0.2) is 16.6 Å². The third-order valence-electron chi connectivity index (χ3n) is 6.39. The summed E-state index contributed by atoms with van der Waals surface area (Å²) in [6, 6.07) is 4.45. The number of aryl methyl sites for hydroxylation is 1. The molecule has 0 atom stereocenters. The Hall–Kier alpha value is -3.09. The van der Waals surface area contributed by atoms with Crippen LogP contribution in [-0.2, 0) is 0 Å². The predicted octanol–water partition coefficient (Wildman–Crippen LogP) is 4.72.